The van der Waals surface area contributed by atoms with Crippen LogP contribution in [-0.2, 0) is 11.2 Å². The molecule has 0 atom stereocenters. The van der Waals surface area contributed by atoms with Crippen molar-refractivity contribution >= 4 is 33.6 Å². The van der Waals surface area contributed by atoms with E-state index in [1.54, 1.807) is 12.1 Å². The Balaban J connectivity index is 2.28. The molecule has 2 aromatic carbocycles. The highest BCUT2D eigenvalue weighted by Gasteiger charge is 2.13. The van der Waals surface area contributed by atoms with Gasteiger partial charge in [0.2, 0.25) is 0 Å². The van der Waals surface area contributed by atoms with Crippen LogP contribution in [0.25, 0.3) is 6.08 Å². The Morgan fingerprint density at radius 1 is 1.22 bits per heavy atom. The van der Waals surface area contributed by atoms with Crippen LogP contribution in [0.15, 0.2) is 46.4 Å². The Hall–Kier alpha value is -2.78. The predicted octanol–water partition coefficient (Wildman–Crippen LogP) is 4.96. The van der Waals surface area contributed by atoms with Gasteiger partial charge in [-0.15, -0.1) is 0 Å². The van der Waals surface area contributed by atoms with Crippen molar-refractivity contribution in [3.63, 3.8) is 0 Å². The molecule has 0 aliphatic carbocycles. The molecule has 0 fully saturated rings. The third-order valence-electron chi connectivity index (χ3n) is 3.87. The summed E-state index contributed by atoms with van der Waals surface area (Å²) in [6.45, 7) is 4.44. The monoisotopic (exact) mass is 428 g/mol. The van der Waals surface area contributed by atoms with Crippen LogP contribution in [0.3, 0.4) is 0 Å². The van der Waals surface area contributed by atoms with Gasteiger partial charge in [-0.05, 0) is 54.8 Å². The average Bonchev–Trinajstić information content (AvgIpc) is 2.68. The largest absolute Gasteiger partial charge is 0.493 e. The molecular weight excluding hydrogens is 408 g/mol. The fraction of sp³-hybridized carbons (Fsp3) is 0.238. The van der Waals surface area contributed by atoms with E-state index in [1.165, 1.54) is 18.7 Å². The van der Waals surface area contributed by atoms with Crippen LogP contribution in [-0.4, -0.2) is 19.6 Å². The van der Waals surface area contributed by atoms with E-state index in [0.717, 1.165) is 6.42 Å². The highest BCUT2D eigenvalue weighted by Crippen LogP contribution is 2.34. The number of benzene rings is 2. The van der Waals surface area contributed by atoms with E-state index in [9.17, 15) is 10.1 Å². The fourth-order valence-corrected chi connectivity index (χ4v) is 2.85. The molecule has 0 saturated carbocycles. The number of aryl methyl sites for hydroxylation is 1. The molecule has 140 valence electrons. The van der Waals surface area contributed by atoms with Crippen molar-refractivity contribution in [1.29, 1.82) is 5.26 Å². The lowest BCUT2D eigenvalue weighted by molar-refractivity contribution is -0.112. The number of nitriles is 1. The second-order valence-electron chi connectivity index (χ2n) is 5.63. The third-order valence-corrected chi connectivity index (χ3v) is 4.55. The number of ether oxygens (including phenoxy) is 2. The molecule has 0 saturated heterocycles. The molecule has 0 radical (unpaired) electrons. The van der Waals surface area contributed by atoms with Gasteiger partial charge in [0.05, 0.1) is 13.7 Å². The number of amides is 1. The molecule has 0 aliphatic heterocycles. The van der Waals surface area contributed by atoms with Gasteiger partial charge in [-0.2, -0.15) is 5.26 Å². The minimum absolute atomic E-state index is 0.0125. The number of methoxy groups -OCH3 is 1. The molecule has 1 amide bonds. The zero-order valence-electron chi connectivity index (χ0n) is 15.5. The standard InChI is InChI=1S/C21H21BrN2O3/c1-4-14-6-8-17(9-7-14)24-21(25)16(13-23)10-15-11-19(26-3)20(27-5-2)12-18(15)22/h6-12H,4-5H2,1-3H3,(H,24,25)/b16-10-. The van der Waals surface area contributed by atoms with E-state index < -0.39 is 5.91 Å². The number of hydrogen-bond acceptors (Lipinski definition) is 4. The van der Waals surface area contributed by atoms with Crippen LogP contribution < -0.4 is 14.8 Å². The fourth-order valence-electron chi connectivity index (χ4n) is 2.42. The summed E-state index contributed by atoms with van der Waals surface area (Å²) in [5.41, 5.74) is 2.45. The first-order valence-electron chi connectivity index (χ1n) is 8.54. The molecule has 0 aromatic heterocycles. The number of rotatable bonds is 7. The first kappa shape index (κ1) is 20.5. The molecule has 1 N–H and O–H groups in total. The number of carbonyl (C=O) groups excluding carboxylic acids is 1. The summed E-state index contributed by atoms with van der Waals surface area (Å²) in [4.78, 5) is 12.5. The van der Waals surface area contributed by atoms with Gasteiger partial charge in [0.1, 0.15) is 11.6 Å². The van der Waals surface area contributed by atoms with Gasteiger partial charge in [-0.25, -0.2) is 0 Å². The van der Waals surface area contributed by atoms with Crippen molar-refractivity contribution in [1.82, 2.24) is 0 Å². The molecule has 0 heterocycles. The van der Waals surface area contributed by atoms with Crippen molar-refractivity contribution in [2.24, 2.45) is 0 Å². The van der Waals surface area contributed by atoms with E-state index in [0.29, 0.717) is 33.8 Å². The van der Waals surface area contributed by atoms with Crippen molar-refractivity contribution in [3.8, 4) is 17.6 Å². The zero-order valence-corrected chi connectivity index (χ0v) is 17.1. The van der Waals surface area contributed by atoms with E-state index in [2.05, 4.69) is 28.2 Å². The van der Waals surface area contributed by atoms with Gasteiger partial charge in [0.25, 0.3) is 5.91 Å². The van der Waals surface area contributed by atoms with Crippen LogP contribution in [0.4, 0.5) is 5.69 Å². The minimum Gasteiger partial charge on any atom is -0.493 e. The Kier molecular flexibility index (Phi) is 7.44. The smallest absolute Gasteiger partial charge is 0.266 e. The van der Waals surface area contributed by atoms with E-state index in [1.807, 2.05) is 37.3 Å². The van der Waals surface area contributed by atoms with Gasteiger partial charge in [0.15, 0.2) is 11.5 Å². The van der Waals surface area contributed by atoms with E-state index >= 15 is 0 Å². The summed E-state index contributed by atoms with van der Waals surface area (Å²) in [6.07, 6.45) is 2.43. The molecule has 2 aromatic rings. The first-order valence-corrected chi connectivity index (χ1v) is 9.34. The van der Waals surface area contributed by atoms with Crippen LogP contribution in [0.1, 0.15) is 25.0 Å². The minimum atomic E-state index is -0.471. The van der Waals surface area contributed by atoms with Gasteiger partial charge < -0.3 is 14.8 Å². The molecular formula is C21H21BrN2O3. The third kappa shape index (κ3) is 5.35. The number of carbonyl (C=O) groups is 1. The zero-order chi connectivity index (χ0) is 19.8. The van der Waals surface area contributed by atoms with Gasteiger partial charge in [0, 0.05) is 10.2 Å². The number of nitrogens with one attached hydrogen (secondary N) is 1. The van der Waals surface area contributed by atoms with Crippen molar-refractivity contribution in [2.75, 3.05) is 19.0 Å². The van der Waals surface area contributed by atoms with E-state index in [4.69, 9.17) is 9.47 Å². The Bertz CT molecular complexity index is 884. The summed E-state index contributed by atoms with van der Waals surface area (Å²) in [6, 6.07) is 13.0. The van der Waals surface area contributed by atoms with Gasteiger partial charge >= 0.3 is 0 Å². The van der Waals surface area contributed by atoms with Gasteiger partial charge in [-0.1, -0.05) is 35.0 Å². The predicted molar refractivity (Wildman–Crippen MR) is 110 cm³/mol. The van der Waals surface area contributed by atoms with Crippen LogP contribution in [0, 0.1) is 11.3 Å². The molecule has 2 rings (SSSR count). The maximum absolute atomic E-state index is 12.5. The topological polar surface area (TPSA) is 71.3 Å². The normalized spacial score (nSPS) is 10.9. The molecule has 27 heavy (non-hydrogen) atoms. The van der Waals surface area contributed by atoms with Crippen molar-refractivity contribution < 1.29 is 14.3 Å². The van der Waals surface area contributed by atoms with Crippen molar-refractivity contribution in [2.45, 2.75) is 20.3 Å². The average molecular weight is 429 g/mol. The number of hydrogen-bond donors (Lipinski definition) is 1. The van der Waals surface area contributed by atoms with Crippen molar-refractivity contribution in [3.05, 3.63) is 57.6 Å². The summed E-state index contributed by atoms with van der Waals surface area (Å²) in [5, 5.41) is 12.2. The molecule has 5 nitrogen and oxygen atoms in total. The quantitative estimate of drug-likeness (QED) is 0.499. The SMILES string of the molecule is CCOc1cc(Br)c(/C=C(/C#N)C(=O)Nc2ccc(CC)cc2)cc1OC. The maximum Gasteiger partial charge on any atom is 0.266 e. The molecule has 0 spiro atoms. The second-order valence-corrected chi connectivity index (χ2v) is 6.49. The number of anilines is 1. The first-order chi connectivity index (χ1) is 13.0. The summed E-state index contributed by atoms with van der Waals surface area (Å²) in [7, 11) is 1.54. The van der Waals surface area contributed by atoms with E-state index in [-0.39, 0.29) is 5.57 Å². The lowest BCUT2D eigenvalue weighted by atomic mass is 10.1. The highest BCUT2D eigenvalue weighted by atomic mass is 79.9. The Labute approximate surface area is 167 Å². The molecule has 0 bridgehead atoms. The summed E-state index contributed by atoms with van der Waals surface area (Å²) in [5.74, 6) is 0.642. The molecule has 0 unspecified atom stereocenters. The Morgan fingerprint density at radius 3 is 2.48 bits per heavy atom. The maximum atomic E-state index is 12.5. The van der Waals surface area contributed by atoms with Gasteiger partial charge in [-0.3, -0.25) is 4.79 Å². The lowest BCUT2D eigenvalue weighted by Crippen LogP contribution is -2.13. The lowest BCUT2D eigenvalue weighted by Gasteiger charge is -2.12. The molecule has 0 aliphatic rings. The second kappa shape index (κ2) is 9.79. The number of nitrogens with zero attached hydrogens (tertiary/aromatic N) is 1. The van der Waals surface area contributed by atoms with Crippen LogP contribution >= 0.6 is 15.9 Å². The summed E-state index contributed by atoms with van der Waals surface area (Å²) < 4.78 is 11.5. The van der Waals surface area contributed by atoms with Crippen LogP contribution in [0.2, 0.25) is 0 Å². The molecule has 6 heteroatoms. The number of halogens is 1. The van der Waals surface area contributed by atoms with Crippen LogP contribution in [0.5, 0.6) is 11.5 Å². The Morgan fingerprint density at radius 2 is 1.93 bits per heavy atom. The summed E-state index contributed by atoms with van der Waals surface area (Å²) >= 11 is 3.45. The highest BCUT2D eigenvalue weighted by molar-refractivity contribution is 9.10.